The van der Waals surface area contributed by atoms with Crippen LogP contribution in [0.15, 0.2) is 36.7 Å². The van der Waals surface area contributed by atoms with E-state index in [9.17, 15) is 0 Å². The van der Waals surface area contributed by atoms with Gasteiger partial charge >= 0.3 is 0 Å². The van der Waals surface area contributed by atoms with Gasteiger partial charge in [-0.05, 0) is 49.2 Å². The molecule has 0 amide bonds. The largest absolute Gasteiger partial charge is 0.392 e. The van der Waals surface area contributed by atoms with Crippen molar-refractivity contribution in [2.75, 3.05) is 7.05 Å². The molecule has 0 fully saturated rings. The van der Waals surface area contributed by atoms with Gasteiger partial charge in [-0.15, -0.1) is 0 Å². The van der Waals surface area contributed by atoms with Crippen LogP contribution in [0.1, 0.15) is 37.0 Å². The van der Waals surface area contributed by atoms with Crippen LogP contribution < -0.4 is 10.6 Å². The zero-order valence-electron chi connectivity index (χ0n) is 11.9. The van der Waals surface area contributed by atoms with Gasteiger partial charge in [-0.2, -0.15) is 0 Å². The van der Waals surface area contributed by atoms with E-state index >= 15 is 0 Å². The number of hydrogen-bond donors (Lipinski definition) is 2. The van der Waals surface area contributed by atoms with Gasteiger partial charge in [0.25, 0.3) is 0 Å². The summed E-state index contributed by atoms with van der Waals surface area (Å²) in [6.07, 6.45) is 8.24. The molecule has 0 radical (unpaired) electrons. The highest BCUT2D eigenvalue weighted by Gasteiger charge is 2.03. The summed E-state index contributed by atoms with van der Waals surface area (Å²) in [5.41, 5.74) is 5.11. The van der Waals surface area contributed by atoms with Gasteiger partial charge in [-0.25, -0.2) is 0 Å². The summed E-state index contributed by atoms with van der Waals surface area (Å²) in [4.78, 5) is 0. The molecule has 0 aliphatic carbocycles. The van der Waals surface area contributed by atoms with E-state index in [1.165, 1.54) is 23.1 Å². The van der Waals surface area contributed by atoms with Crippen molar-refractivity contribution in [3.8, 4) is 0 Å². The molecule has 0 saturated heterocycles. The van der Waals surface area contributed by atoms with Crippen LogP contribution in [0.3, 0.4) is 0 Å². The second-order valence-electron chi connectivity index (χ2n) is 4.38. The molecule has 0 spiro atoms. The monoisotopic (exact) mass is 244 g/mol. The van der Waals surface area contributed by atoms with E-state index in [4.69, 9.17) is 0 Å². The third-order valence-electron chi connectivity index (χ3n) is 2.87. The van der Waals surface area contributed by atoms with Gasteiger partial charge in [0.15, 0.2) is 0 Å². The summed E-state index contributed by atoms with van der Waals surface area (Å²) in [7, 11) is 1.92. The minimum atomic E-state index is 1.09. The molecule has 0 aromatic heterocycles. The van der Waals surface area contributed by atoms with E-state index in [-0.39, 0.29) is 0 Å². The molecule has 2 nitrogen and oxygen atoms in total. The summed E-state index contributed by atoms with van der Waals surface area (Å²) >= 11 is 0. The van der Waals surface area contributed by atoms with E-state index in [1.54, 1.807) is 0 Å². The maximum atomic E-state index is 3.29. The smallest absolute Gasteiger partial charge is 0.0612 e. The predicted octanol–water partition coefficient (Wildman–Crippen LogP) is 3.59. The average Bonchev–Trinajstić information content (AvgIpc) is 2.37. The van der Waals surface area contributed by atoms with Gasteiger partial charge in [0.1, 0.15) is 0 Å². The number of benzene rings is 1. The summed E-state index contributed by atoms with van der Waals surface area (Å²) in [5.74, 6) is 0. The van der Waals surface area contributed by atoms with Crippen molar-refractivity contribution in [2.45, 2.75) is 33.6 Å². The van der Waals surface area contributed by atoms with Crippen molar-refractivity contribution in [1.29, 1.82) is 0 Å². The first-order valence-electron chi connectivity index (χ1n) is 6.58. The second-order valence-corrected chi connectivity index (χ2v) is 4.38. The number of hydrogen-bond acceptors (Lipinski definition) is 2. The molecule has 1 aromatic carbocycles. The minimum absolute atomic E-state index is 1.09. The molecule has 0 aliphatic rings. The first-order valence-corrected chi connectivity index (χ1v) is 6.58. The Kier molecular flexibility index (Phi) is 6.06. The molecule has 0 unspecified atom stereocenters. The number of aryl methyl sites for hydroxylation is 2. The van der Waals surface area contributed by atoms with E-state index < -0.39 is 0 Å². The van der Waals surface area contributed by atoms with Crippen LogP contribution in [-0.4, -0.2) is 7.05 Å². The molecule has 0 heterocycles. The normalized spacial score (nSPS) is 11.9. The van der Waals surface area contributed by atoms with Gasteiger partial charge in [-0.1, -0.05) is 31.6 Å². The Hall–Kier alpha value is -1.70. The van der Waals surface area contributed by atoms with Gasteiger partial charge in [-0.3, -0.25) is 0 Å². The molecule has 2 N–H and O–H groups in total. The quantitative estimate of drug-likeness (QED) is 0.799. The van der Waals surface area contributed by atoms with Crippen molar-refractivity contribution < 1.29 is 0 Å². The highest BCUT2D eigenvalue weighted by Crippen LogP contribution is 2.18. The van der Waals surface area contributed by atoms with Crippen molar-refractivity contribution in [2.24, 2.45) is 0 Å². The molecule has 18 heavy (non-hydrogen) atoms. The number of nitrogens with one attached hydrogen (secondary N) is 2. The van der Waals surface area contributed by atoms with Gasteiger partial charge in [0.05, 0.1) is 5.70 Å². The maximum absolute atomic E-state index is 3.29. The summed E-state index contributed by atoms with van der Waals surface area (Å²) in [6, 6.07) is 6.63. The Morgan fingerprint density at radius 2 is 2.11 bits per heavy atom. The predicted molar refractivity (Wildman–Crippen MR) is 80.2 cm³/mol. The third kappa shape index (κ3) is 3.95. The van der Waals surface area contributed by atoms with Crippen LogP contribution in [0.2, 0.25) is 0 Å². The Morgan fingerprint density at radius 3 is 2.72 bits per heavy atom. The zero-order valence-corrected chi connectivity index (χ0v) is 11.9. The molecule has 0 aliphatic heterocycles. The molecule has 1 rings (SSSR count). The molecule has 1 aromatic rings. The molecule has 0 bridgehead atoms. The first-order chi connectivity index (χ1) is 8.72. The highest BCUT2D eigenvalue weighted by atomic mass is 14.9. The standard InChI is InChI=1S/C16H24N2/c1-5-7-14-11-15(9-8-13(14)3)16(12-17-4)18-10-6-2/h6,8-12,17-18H,5,7H2,1-4H3/b10-6-,16-12-. The number of allylic oxidation sites excluding steroid dienone is 1. The fraction of sp³-hybridized carbons (Fsp3) is 0.375. The van der Waals surface area contributed by atoms with Crippen molar-refractivity contribution in [1.82, 2.24) is 10.6 Å². The van der Waals surface area contributed by atoms with Gasteiger partial charge in [0.2, 0.25) is 0 Å². The Morgan fingerprint density at radius 1 is 1.33 bits per heavy atom. The second kappa shape index (κ2) is 7.59. The van der Waals surface area contributed by atoms with E-state index in [0.717, 1.165) is 12.1 Å². The van der Waals surface area contributed by atoms with Crippen molar-refractivity contribution in [3.05, 3.63) is 53.4 Å². The number of rotatable bonds is 6. The Balaban J connectivity index is 3.05. The van der Waals surface area contributed by atoms with Crippen LogP contribution in [0, 0.1) is 6.92 Å². The van der Waals surface area contributed by atoms with Crippen LogP contribution in [-0.2, 0) is 6.42 Å². The highest BCUT2D eigenvalue weighted by molar-refractivity contribution is 5.65. The first kappa shape index (κ1) is 14.4. The Labute approximate surface area is 111 Å². The Bertz CT molecular complexity index is 431. The van der Waals surface area contributed by atoms with E-state index in [1.807, 2.05) is 32.4 Å². The molecule has 0 saturated carbocycles. The topological polar surface area (TPSA) is 24.1 Å². The maximum Gasteiger partial charge on any atom is 0.0612 e. The van der Waals surface area contributed by atoms with Crippen molar-refractivity contribution in [3.63, 3.8) is 0 Å². The van der Waals surface area contributed by atoms with Gasteiger partial charge < -0.3 is 10.6 Å². The third-order valence-corrected chi connectivity index (χ3v) is 2.87. The molecular formula is C16H24N2. The SMILES string of the molecule is C/C=C\N/C(=C\NC)c1ccc(C)c(CCC)c1. The fourth-order valence-electron chi connectivity index (χ4n) is 1.90. The van der Waals surface area contributed by atoms with E-state index in [2.05, 4.69) is 42.7 Å². The summed E-state index contributed by atoms with van der Waals surface area (Å²) in [5, 5.41) is 6.38. The van der Waals surface area contributed by atoms with Crippen LogP contribution in [0.5, 0.6) is 0 Å². The lowest BCUT2D eigenvalue weighted by Crippen LogP contribution is -2.08. The molecular weight excluding hydrogens is 220 g/mol. The minimum Gasteiger partial charge on any atom is -0.392 e. The molecule has 0 atom stereocenters. The van der Waals surface area contributed by atoms with Crippen LogP contribution in [0.4, 0.5) is 0 Å². The average molecular weight is 244 g/mol. The van der Waals surface area contributed by atoms with Crippen molar-refractivity contribution >= 4 is 5.70 Å². The summed E-state index contributed by atoms with van der Waals surface area (Å²) in [6.45, 7) is 6.39. The lowest BCUT2D eigenvalue weighted by Gasteiger charge is -2.11. The summed E-state index contributed by atoms with van der Waals surface area (Å²) < 4.78 is 0. The van der Waals surface area contributed by atoms with Crippen LogP contribution >= 0.6 is 0 Å². The zero-order chi connectivity index (χ0) is 13.4. The van der Waals surface area contributed by atoms with E-state index in [0.29, 0.717) is 0 Å². The molecule has 98 valence electrons. The van der Waals surface area contributed by atoms with Crippen LogP contribution in [0.25, 0.3) is 5.70 Å². The molecule has 2 heteroatoms. The fourth-order valence-corrected chi connectivity index (χ4v) is 1.90. The van der Waals surface area contributed by atoms with Gasteiger partial charge in [0, 0.05) is 13.2 Å². The lowest BCUT2D eigenvalue weighted by molar-refractivity contribution is 0.911. The lowest BCUT2D eigenvalue weighted by atomic mass is 10.00.